The first-order valence-corrected chi connectivity index (χ1v) is 7.69. The Hall–Kier alpha value is -1.35. The monoisotopic (exact) mass is 272 g/mol. The Morgan fingerprint density at radius 3 is 2.55 bits per heavy atom. The minimum absolute atomic E-state index is 0.211. The molecule has 3 heteroatoms. The molecule has 0 saturated carbocycles. The van der Waals surface area contributed by atoms with Crippen molar-refractivity contribution in [1.82, 2.24) is 9.80 Å². The third-order valence-corrected chi connectivity index (χ3v) is 5.16. The van der Waals surface area contributed by atoms with Crippen LogP contribution in [0.25, 0.3) is 0 Å². The van der Waals surface area contributed by atoms with Gasteiger partial charge < -0.3 is 4.90 Å². The maximum Gasteiger partial charge on any atom is 0.254 e. The zero-order chi connectivity index (χ0) is 14.2. The largest absolute Gasteiger partial charge is 0.337 e. The lowest BCUT2D eigenvalue weighted by Crippen LogP contribution is -2.55. The van der Waals surface area contributed by atoms with Crippen LogP contribution in [0.15, 0.2) is 24.3 Å². The second-order valence-electron chi connectivity index (χ2n) is 6.39. The van der Waals surface area contributed by atoms with E-state index < -0.39 is 0 Å². The lowest BCUT2D eigenvalue weighted by Gasteiger charge is -2.44. The van der Waals surface area contributed by atoms with E-state index in [1.807, 2.05) is 31.2 Å². The summed E-state index contributed by atoms with van der Waals surface area (Å²) in [6, 6.07) is 7.93. The Morgan fingerprint density at radius 1 is 1.15 bits per heavy atom. The molecule has 0 aliphatic carbocycles. The van der Waals surface area contributed by atoms with Crippen LogP contribution in [0, 0.1) is 6.92 Å². The van der Waals surface area contributed by atoms with E-state index in [-0.39, 0.29) is 11.4 Å². The van der Waals surface area contributed by atoms with Gasteiger partial charge in [-0.05, 0) is 57.8 Å². The van der Waals surface area contributed by atoms with Gasteiger partial charge in [-0.3, -0.25) is 9.69 Å². The van der Waals surface area contributed by atoms with Crippen LogP contribution in [-0.2, 0) is 0 Å². The quantitative estimate of drug-likeness (QED) is 0.785. The first kappa shape index (κ1) is 13.6. The molecule has 1 amide bonds. The Labute approximate surface area is 121 Å². The summed E-state index contributed by atoms with van der Waals surface area (Å²) in [7, 11) is 2.22. The number of likely N-dealkylation sites (N-methyl/N-ethyl adjacent to an activating group) is 1. The molecule has 1 unspecified atom stereocenters. The molecular formula is C17H24N2O. The summed E-state index contributed by atoms with van der Waals surface area (Å²) in [6.45, 7) is 5.00. The van der Waals surface area contributed by atoms with E-state index in [9.17, 15) is 4.79 Å². The number of likely N-dealkylation sites (tertiary alicyclic amines) is 2. The third-order valence-electron chi connectivity index (χ3n) is 5.16. The molecule has 2 fully saturated rings. The average Bonchev–Trinajstić information content (AvgIpc) is 2.79. The summed E-state index contributed by atoms with van der Waals surface area (Å²) in [5.74, 6) is 0.211. The second kappa shape index (κ2) is 5.21. The van der Waals surface area contributed by atoms with Gasteiger partial charge in [0.05, 0.1) is 0 Å². The fourth-order valence-corrected chi connectivity index (χ4v) is 3.86. The average molecular weight is 272 g/mol. The minimum Gasteiger partial charge on any atom is -0.337 e. The maximum absolute atomic E-state index is 12.8. The molecule has 108 valence electrons. The van der Waals surface area contributed by atoms with Crippen LogP contribution in [0.1, 0.15) is 41.6 Å². The molecule has 1 aromatic rings. The van der Waals surface area contributed by atoms with Crippen LogP contribution in [0.3, 0.4) is 0 Å². The van der Waals surface area contributed by atoms with Gasteiger partial charge in [0.25, 0.3) is 5.91 Å². The summed E-state index contributed by atoms with van der Waals surface area (Å²) >= 11 is 0. The van der Waals surface area contributed by atoms with Crippen LogP contribution in [0.4, 0.5) is 0 Å². The van der Waals surface area contributed by atoms with Crippen LogP contribution >= 0.6 is 0 Å². The van der Waals surface area contributed by atoms with Gasteiger partial charge in [-0.2, -0.15) is 0 Å². The van der Waals surface area contributed by atoms with E-state index in [0.29, 0.717) is 0 Å². The van der Waals surface area contributed by atoms with Crippen LogP contribution in [-0.4, -0.2) is 47.9 Å². The summed E-state index contributed by atoms with van der Waals surface area (Å²) in [5, 5.41) is 0. The number of amides is 1. The van der Waals surface area contributed by atoms with Crippen LogP contribution < -0.4 is 0 Å². The van der Waals surface area contributed by atoms with Crippen molar-refractivity contribution in [2.45, 2.75) is 38.1 Å². The Balaban J connectivity index is 1.81. The molecule has 0 N–H and O–H groups in total. The fraction of sp³-hybridized carbons (Fsp3) is 0.588. The van der Waals surface area contributed by atoms with Crippen LogP contribution in [0.5, 0.6) is 0 Å². The number of carbonyl (C=O) groups excluding carboxylic acids is 1. The molecule has 1 aromatic carbocycles. The predicted octanol–water partition coefficient (Wildman–Crippen LogP) is 2.70. The molecule has 0 bridgehead atoms. The molecule has 2 aliphatic heterocycles. The van der Waals surface area contributed by atoms with Crippen molar-refractivity contribution in [1.29, 1.82) is 0 Å². The molecular weight excluding hydrogens is 248 g/mol. The van der Waals surface area contributed by atoms with E-state index in [0.717, 1.165) is 30.6 Å². The van der Waals surface area contributed by atoms with Crippen molar-refractivity contribution in [3.05, 3.63) is 35.4 Å². The molecule has 0 aromatic heterocycles. The summed E-state index contributed by atoms with van der Waals surface area (Å²) < 4.78 is 0. The Kier molecular flexibility index (Phi) is 3.55. The maximum atomic E-state index is 12.8. The fourth-order valence-electron chi connectivity index (χ4n) is 3.86. The van der Waals surface area contributed by atoms with Crippen molar-refractivity contribution in [2.75, 3.05) is 26.7 Å². The van der Waals surface area contributed by atoms with Gasteiger partial charge >= 0.3 is 0 Å². The van der Waals surface area contributed by atoms with E-state index in [1.54, 1.807) is 0 Å². The smallest absolute Gasteiger partial charge is 0.254 e. The van der Waals surface area contributed by atoms with Gasteiger partial charge in [0.1, 0.15) is 0 Å². The standard InChI is InChI=1S/C17H24N2O/c1-14-7-3-4-8-15(14)16(20)19-12-6-10-17(13-19)9-5-11-18(17)2/h3-4,7-8H,5-6,9-13H2,1-2H3. The van der Waals surface area contributed by atoms with E-state index in [4.69, 9.17) is 0 Å². The van der Waals surface area contributed by atoms with Crippen molar-refractivity contribution in [3.8, 4) is 0 Å². The molecule has 0 radical (unpaired) electrons. The number of piperidine rings is 1. The molecule has 1 atom stereocenters. The van der Waals surface area contributed by atoms with Gasteiger partial charge in [-0.1, -0.05) is 18.2 Å². The highest BCUT2D eigenvalue weighted by Crippen LogP contribution is 2.36. The van der Waals surface area contributed by atoms with E-state index in [2.05, 4.69) is 16.8 Å². The summed E-state index contributed by atoms with van der Waals surface area (Å²) in [4.78, 5) is 17.3. The second-order valence-corrected chi connectivity index (χ2v) is 6.39. The zero-order valence-electron chi connectivity index (χ0n) is 12.6. The van der Waals surface area contributed by atoms with Crippen molar-refractivity contribution in [2.24, 2.45) is 0 Å². The summed E-state index contributed by atoms with van der Waals surface area (Å²) in [5.41, 5.74) is 2.19. The molecule has 20 heavy (non-hydrogen) atoms. The topological polar surface area (TPSA) is 23.6 Å². The number of nitrogens with zero attached hydrogens (tertiary/aromatic N) is 2. The van der Waals surface area contributed by atoms with Gasteiger partial charge in [-0.25, -0.2) is 0 Å². The number of hydrogen-bond acceptors (Lipinski definition) is 2. The molecule has 1 spiro atoms. The number of rotatable bonds is 1. The summed E-state index contributed by atoms with van der Waals surface area (Å²) in [6.07, 6.45) is 4.87. The zero-order valence-corrected chi connectivity index (χ0v) is 12.6. The third kappa shape index (κ3) is 2.24. The lowest BCUT2D eigenvalue weighted by molar-refractivity contribution is 0.0411. The lowest BCUT2D eigenvalue weighted by atomic mass is 9.86. The highest BCUT2D eigenvalue weighted by atomic mass is 16.2. The molecule has 2 saturated heterocycles. The molecule has 2 heterocycles. The normalized spacial score (nSPS) is 27.2. The first-order chi connectivity index (χ1) is 9.62. The Bertz CT molecular complexity index is 513. The predicted molar refractivity (Wildman–Crippen MR) is 80.9 cm³/mol. The molecule has 2 aliphatic rings. The number of benzene rings is 1. The van der Waals surface area contributed by atoms with E-state index in [1.165, 1.54) is 25.8 Å². The Morgan fingerprint density at radius 2 is 1.85 bits per heavy atom. The van der Waals surface area contributed by atoms with Crippen molar-refractivity contribution >= 4 is 5.91 Å². The number of carbonyl (C=O) groups is 1. The first-order valence-electron chi connectivity index (χ1n) is 7.69. The SMILES string of the molecule is Cc1ccccc1C(=O)N1CCCC2(CCCN2C)C1. The number of hydrogen-bond donors (Lipinski definition) is 0. The van der Waals surface area contributed by atoms with E-state index >= 15 is 0 Å². The van der Waals surface area contributed by atoms with Crippen LogP contribution in [0.2, 0.25) is 0 Å². The molecule has 3 rings (SSSR count). The highest BCUT2D eigenvalue weighted by molar-refractivity contribution is 5.95. The van der Waals surface area contributed by atoms with Gasteiger partial charge in [0.15, 0.2) is 0 Å². The van der Waals surface area contributed by atoms with Crippen molar-refractivity contribution < 1.29 is 4.79 Å². The number of aryl methyl sites for hydroxylation is 1. The highest BCUT2D eigenvalue weighted by Gasteiger charge is 2.43. The van der Waals surface area contributed by atoms with Gasteiger partial charge in [-0.15, -0.1) is 0 Å². The molecule has 3 nitrogen and oxygen atoms in total. The minimum atomic E-state index is 0.211. The van der Waals surface area contributed by atoms with Gasteiger partial charge in [0.2, 0.25) is 0 Å². The van der Waals surface area contributed by atoms with Gasteiger partial charge in [0, 0.05) is 24.2 Å². The van der Waals surface area contributed by atoms with Crippen molar-refractivity contribution in [3.63, 3.8) is 0 Å².